The molecule has 2 rings (SSSR count). The second kappa shape index (κ2) is 6.36. The number of likely N-dealkylation sites (tertiary alicyclic amines) is 1. The summed E-state index contributed by atoms with van der Waals surface area (Å²) in [5, 5.41) is 8.93. The maximum atomic E-state index is 12.8. The predicted octanol–water partition coefficient (Wildman–Crippen LogP) is 3.76. The molecule has 0 spiro atoms. The molecule has 0 atom stereocenters. The average Bonchev–Trinajstić information content (AvgIpc) is 2.37. The first kappa shape index (κ1) is 16.3. The Bertz CT molecular complexity index is 525. The monoisotopic (exact) mass is 365 g/mol. The van der Waals surface area contributed by atoms with E-state index in [0.29, 0.717) is 42.5 Å². The van der Waals surface area contributed by atoms with Crippen molar-refractivity contribution >= 4 is 21.9 Å². The molecule has 0 amide bonds. The Morgan fingerprint density at radius 3 is 2.43 bits per heavy atom. The summed E-state index contributed by atoms with van der Waals surface area (Å²) < 4.78 is 38.7. The number of carboxylic acids is 1. The van der Waals surface area contributed by atoms with Gasteiger partial charge in [-0.15, -0.1) is 0 Å². The molecule has 0 saturated carbocycles. The summed E-state index contributed by atoms with van der Waals surface area (Å²) in [7, 11) is 0. The largest absolute Gasteiger partial charge is 0.481 e. The molecular weight excluding hydrogens is 351 g/mol. The van der Waals surface area contributed by atoms with Crippen LogP contribution in [0.1, 0.15) is 24.0 Å². The highest BCUT2D eigenvalue weighted by Gasteiger charge is 2.31. The first-order valence-electron chi connectivity index (χ1n) is 6.57. The van der Waals surface area contributed by atoms with E-state index in [2.05, 4.69) is 15.9 Å². The molecule has 7 heteroatoms. The quantitative estimate of drug-likeness (QED) is 0.886. The van der Waals surface area contributed by atoms with E-state index in [4.69, 9.17) is 5.11 Å². The van der Waals surface area contributed by atoms with Gasteiger partial charge in [-0.3, -0.25) is 9.69 Å². The summed E-state index contributed by atoms with van der Waals surface area (Å²) in [6, 6.07) is 3.87. The van der Waals surface area contributed by atoms with Crippen LogP contribution in [0.5, 0.6) is 0 Å². The molecule has 1 saturated heterocycles. The molecule has 0 aromatic heterocycles. The third-order valence-corrected chi connectivity index (χ3v) is 4.09. The SMILES string of the molecule is O=C(O)C1CCN(Cc2cc(Br)cc(C(F)(F)F)c2)CC1. The Morgan fingerprint density at radius 2 is 1.90 bits per heavy atom. The van der Waals surface area contributed by atoms with Gasteiger partial charge in [0.1, 0.15) is 0 Å². The molecule has 0 bridgehead atoms. The molecule has 1 heterocycles. The lowest BCUT2D eigenvalue weighted by molar-refractivity contribution is -0.143. The molecule has 0 aliphatic carbocycles. The predicted molar refractivity (Wildman–Crippen MR) is 74.8 cm³/mol. The van der Waals surface area contributed by atoms with Crippen LogP contribution >= 0.6 is 15.9 Å². The first-order valence-corrected chi connectivity index (χ1v) is 7.37. The molecule has 1 fully saturated rings. The molecule has 1 aliphatic rings. The molecule has 0 radical (unpaired) electrons. The van der Waals surface area contributed by atoms with Gasteiger partial charge in [0.25, 0.3) is 0 Å². The molecule has 21 heavy (non-hydrogen) atoms. The lowest BCUT2D eigenvalue weighted by atomic mass is 9.96. The van der Waals surface area contributed by atoms with Crippen molar-refractivity contribution in [1.82, 2.24) is 4.90 Å². The summed E-state index contributed by atoms with van der Waals surface area (Å²) in [5.74, 6) is -1.13. The second-order valence-electron chi connectivity index (χ2n) is 5.23. The van der Waals surface area contributed by atoms with E-state index in [1.807, 2.05) is 4.90 Å². The minimum Gasteiger partial charge on any atom is -0.481 e. The Hall–Kier alpha value is -1.08. The van der Waals surface area contributed by atoms with Gasteiger partial charge in [0.2, 0.25) is 0 Å². The fourth-order valence-electron chi connectivity index (χ4n) is 2.50. The van der Waals surface area contributed by atoms with Crippen molar-refractivity contribution in [3.63, 3.8) is 0 Å². The van der Waals surface area contributed by atoms with Gasteiger partial charge in [-0.25, -0.2) is 0 Å². The zero-order chi connectivity index (χ0) is 15.6. The number of carboxylic acid groups (broad SMARTS) is 1. The minimum absolute atomic E-state index is 0.338. The van der Waals surface area contributed by atoms with Gasteiger partial charge in [-0.05, 0) is 49.7 Å². The standard InChI is InChI=1S/C14H15BrF3NO2/c15-12-6-9(5-11(7-12)14(16,17)18)8-19-3-1-10(2-4-19)13(20)21/h5-7,10H,1-4,8H2,(H,20,21). The maximum absolute atomic E-state index is 12.8. The van der Waals surface area contributed by atoms with E-state index in [0.717, 1.165) is 12.1 Å². The van der Waals surface area contributed by atoms with Gasteiger partial charge in [0.05, 0.1) is 11.5 Å². The van der Waals surface area contributed by atoms with Crippen LogP contribution in [0.4, 0.5) is 13.2 Å². The van der Waals surface area contributed by atoms with E-state index in [1.165, 1.54) is 0 Å². The first-order chi connectivity index (χ1) is 9.75. The maximum Gasteiger partial charge on any atom is 0.416 e. The van der Waals surface area contributed by atoms with Gasteiger partial charge in [-0.1, -0.05) is 15.9 Å². The molecular formula is C14H15BrF3NO2. The zero-order valence-electron chi connectivity index (χ0n) is 11.2. The Kier molecular flexibility index (Phi) is 4.93. The number of benzene rings is 1. The van der Waals surface area contributed by atoms with Crippen LogP contribution < -0.4 is 0 Å². The van der Waals surface area contributed by atoms with Crippen molar-refractivity contribution in [2.75, 3.05) is 13.1 Å². The summed E-state index contributed by atoms with van der Waals surface area (Å²) in [6.45, 7) is 1.57. The summed E-state index contributed by atoms with van der Waals surface area (Å²) >= 11 is 3.10. The summed E-state index contributed by atoms with van der Waals surface area (Å²) in [5.41, 5.74) is -0.0993. The van der Waals surface area contributed by atoms with Gasteiger partial charge in [-0.2, -0.15) is 13.2 Å². The average molecular weight is 366 g/mol. The number of halogens is 4. The number of hydrogen-bond donors (Lipinski definition) is 1. The third-order valence-electron chi connectivity index (χ3n) is 3.63. The normalized spacial score (nSPS) is 17.9. The van der Waals surface area contributed by atoms with Crippen LogP contribution in [-0.2, 0) is 17.5 Å². The molecule has 1 aromatic rings. The van der Waals surface area contributed by atoms with Crippen LogP contribution in [-0.4, -0.2) is 29.1 Å². The number of carbonyl (C=O) groups is 1. The Labute approximate surface area is 128 Å². The van der Waals surface area contributed by atoms with E-state index in [1.54, 1.807) is 6.07 Å². The number of nitrogens with zero attached hydrogens (tertiary/aromatic N) is 1. The number of piperidine rings is 1. The lowest BCUT2D eigenvalue weighted by Crippen LogP contribution is -2.35. The fourth-order valence-corrected chi connectivity index (χ4v) is 3.04. The van der Waals surface area contributed by atoms with Gasteiger partial charge in [0, 0.05) is 11.0 Å². The molecule has 1 aromatic carbocycles. The number of aliphatic carboxylic acids is 1. The van der Waals surface area contributed by atoms with Gasteiger partial charge >= 0.3 is 12.1 Å². The zero-order valence-corrected chi connectivity index (χ0v) is 12.7. The highest BCUT2D eigenvalue weighted by atomic mass is 79.9. The number of rotatable bonds is 3. The van der Waals surface area contributed by atoms with E-state index in [9.17, 15) is 18.0 Å². The third kappa shape index (κ3) is 4.44. The highest BCUT2D eigenvalue weighted by Crippen LogP contribution is 2.32. The Morgan fingerprint density at radius 1 is 1.29 bits per heavy atom. The summed E-state index contributed by atoms with van der Waals surface area (Å²) in [4.78, 5) is 12.9. The van der Waals surface area contributed by atoms with Crippen LogP contribution in [0.2, 0.25) is 0 Å². The van der Waals surface area contributed by atoms with Gasteiger partial charge < -0.3 is 5.11 Å². The van der Waals surface area contributed by atoms with Crippen LogP contribution in [0, 0.1) is 5.92 Å². The summed E-state index contributed by atoms with van der Waals surface area (Å²) in [6.07, 6.45) is -3.29. The van der Waals surface area contributed by atoms with E-state index in [-0.39, 0.29) is 5.92 Å². The van der Waals surface area contributed by atoms with Crippen LogP contribution in [0.15, 0.2) is 22.7 Å². The molecule has 116 valence electrons. The molecule has 0 unspecified atom stereocenters. The van der Waals surface area contributed by atoms with Crippen molar-refractivity contribution < 1.29 is 23.1 Å². The van der Waals surface area contributed by atoms with Crippen molar-refractivity contribution in [2.45, 2.75) is 25.6 Å². The van der Waals surface area contributed by atoms with E-state index < -0.39 is 17.7 Å². The number of hydrogen-bond acceptors (Lipinski definition) is 2. The molecule has 1 N–H and O–H groups in total. The highest BCUT2D eigenvalue weighted by molar-refractivity contribution is 9.10. The van der Waals surface area contributed by atoms with Crippen LogP contribution in [0.3, 0.4) is 0 Å². The van der Waals surface area contributed by atoms with Crippen molar-refractivity contribution in [3.8, 4) is 0 Å². The molecule has 3 nitrogen and oxygen atoms in total. The van der Waals surface area contributed by atoms with E-state index >= 15 is 0 Å². The second-order valence-corrected chi connectivity index (χ2v) is 6.15. The van der Waals surface area contributed by atoms with Crippen molar-refractivity contribution in [1.29, 1.82) is 0 Å². The van der Waals surface area contributed by atoms with Crippen molar-refractivity contribution in [3.05, 3.63) is 33.8 Å². The topological polar surface area (TPSA) is 40.5 Å². The smallest absolute Gasteiger partial charge is 0.416 e. The lowest BCUT2D eigenvalue weighted by Gasteiger charge is -2.30. The van der Waals surface area contributed by atoms with Crippen LogP contribution in [0.25, 0.3) is 0 Å². The van der Waals surface area contributed by atoms with Crippen molar-refractivity contribution in [2.24, 2.45) is 5.92 Å². The number of alkyl halides is 3. The fraction of sp³-hybridized carbons (Fsp3) is 0.500. The Balaban J connectivity index is 2.04. The van der Waals surface area contributed by atoms with Gasteiger partial charge in [0.15, 0.2) is 0 Å². The molecule has 1 aliphatic heterocycles. The minimum atomic E-state index is -4.37.